The zero-order valence-electron chi connectivity index (χ0n) is 50.4. The molecule has 0 amide bonds. The fourth-order valence-corrected chi connectivity index (χ4v) is 13.5. The Bertz CT molecular complexity index is 4740. The van der Waals surface area contributed by atoms with Crippen LogP contribution in [0.5, 0.6) is 0 Å². The van der Waals surface area contributed by atoms with Crippen LogP contribution in [0.25, 0.3) is 145 Å². The molecule has 84 heavy (non-hydrogen) atoms. The van der Waals surface area contributed by atoms with Gasteiger partial charge in [-0.05, 0) is 205 Å². The van der Waals surface area contributed by atoms with E-state index in [1.165, 1.54) is 86.9 Å². The van der Waals surface area contributed by atoms with Crippen LogP contribution < -0.4 is 0 Å². The molecule has 0 radical (unpaired) electrons. The first-order valence-corrected chi connectivity index (χ1v) is 29.9. The van der Waals surface area contributed by atoms with E-state index in [9.17, 15) is 0 Å². The van der Waals surface area contributed by atoms with Crippen LogP contribution in [0.4, 0.5) is 0 Å². The second-order valence-electron chi connectivity index (χ2n) is 28.0. The summed E-state index contributed by atoms with van der Waals surface area (Å²) in [6.45, 7) is 27.9. The third kappa shape index (κ3) is 8.31. The van der Waals surface area contributed by atoms with E-state index in [2.05, 4.69) is 299 Å². The third-order valence-electron chi connectivity index (χ3n) is 18.2. The predicted octanol–water partition coefficient (Wildman–Crippen LogP) is 21.9. The second-order valence-corrected chi connectivity index (χ2v) is 28.0. The van der Waals surface area contributed by atoms with E-state index in [4.69, 9.17) is 9.97 Å². The highest BCUT2D eigenvalue weighted by Crippen LogP contribution is 2.46. The van der Waals surface area contributed by atoms with E-state index in [-0.39, 0.29) is 21.7 Å². The molecule has 13 aromatic rings. The molecule has 2 aliphatic heterocycles. The molecule has 0 saturated carbocycles. The van der Waals surface area contributed by atoms with Crippen molar-refractivity contribution in [3.8, 4) is 33.6 Å². The Kier molecular flexibility index (Phi) is 11.2. The molecule has 0 saturated heterocycles. The lowest BCUT2D eigenvalue weighted by molar-refractivity contribution is 0.567. The van der Waals surface area contributed by atoms with Gasteiger partial charge in [0.2, 0.25) is 0 Å². The molecule has 4 heteroatoms. The van der Waals surface area contributed by atoms with E-state index in [1.54, 1.807) is 0 Å². The Hall–Kier alpha value is -9.12. The number of nitrogens with zero attached hydrogens (tertiary/aromatic N) is 4. The molecule has 15 rings (SSSR count). The van der Waals surface area contributed by atoms with Crippen molar-refractivity contribution in [3.05, 3.63) is 227 Å². The van der Waals surface area contributed by atoms with Gasteiger partial charge in [-0.1, -0.05) is 204 Å². The average molecular weight is 1090 g/mol. The maximum atomic E-state index is 5.80. The van der Waals surface area contributed by atoms with E-state index in [0.717, 1.165) is 78.5 Å². The average Bonchev–Trinajstić information content (AvgIpc) is 2.99. The largest absolute Gasteiger partial charge is 0.310 e. The van der Waals surface area contributed by atoms with Crippen molar-refractivity contribution >= 4 is 111 Å². The highest BCUT2D eigenvalue weighted by molar-refractivity contribution is 6.27. The molecule has 0 spiro atoms. The molecular weight excluding hydrogens is 1020 g/mol. The van der Waals surface area contributed by atoms with Gasteiger partial charge in [0.05, 0.1) is 33.8 Å². The molecule has 410 valence electrons. The molecule has 0 unspecified atom stereocenters. The van der Waals surface area contributed by atoms with Crippen molar-refractivity contribution in [2.45, 2.75) is 105 Å². The van der Waals surface area contributed by atoms with Crippen molar-refractivity contribution in [3.63, 3.8) is 0 Å². The normalized spacial score (nSPS) is 13.4. The number of fused-ring (bicyclic) bond motifs is 8. The highest BCUT2D eigenvalue weighted by Gasteiger charge is 2.27. The van der Waals surface area contributed by atoms with Gasteiger partial charge >= 0.3 is 0 Å². The Morgan fingerprint density at radius 3 is 0.964 bits per heavy atom. The van der Waals surface area contributed by atoms with Crippen molar-refractivity contribution in [2.24, 2.45) is 0 Å². The first kappa shape index (κ1) is 51.7. The van der Waals surface area contributed by atoms with Gasteiger partial charge in [-0.3, -0.25) is 0 Å². The fraction of sp³-hybridized carbons (Fsp3) is 0.200. The molecule has 3 aromatic heterocycles. The predicted molar refractivity (Wildman–Crippen MR) is 362 cm³/mol. The lowest BCUT2D eigenvalue weighted by Crippen LogP contribution is -2.17. The number of rotatable bonds is 4. The van der Waals surface area contributed by atoms with E-state index >= 15 is 0 Å². The quantitative estimate of drug-likeness (QED) is 0.165. The summed E-state index contributed by atoms with van der Waals surface area (Å²) in [5, 5.41) is 15.0. The van der Waals surface area contributed by atoms with Crippen LogP contribution in [-0.4, -0.2) is 19.1 Å². The van der Waals surface area contributed by atoms with Gasteiger partial charge in [0.15, 0.2) is 0 Å². The molecule has 0 fully saturated rings. The number of benzene rings is 10. The second kappa shape index (κ2) is 18.2. The Morgan fingerprint density at radius 1 is 0.298 bits per heavy atom. The van der Waals surface area contributed by atoms with Crippen LogP contribution in [0.2, 0.25) is 0 Å². The summed E-state index contributed by atoms with van der Waals surface area (Å²) in [7, 11) is 0. The highest BCUT2D eigenvalue weighted by atomic mass is 15.0. The Balaban J connectivity index is 1.13. The summed E-state index contributed by atoms with van der Waals surface area (Å²) in [5.41, 5.74) is 19.1. The molecule has 8 bridgehead atoms. The monoisotopic (exact) mass is 1090 g/mol. The minimum Gasteiger partial charge on any atom is -0.310 e. The van der Waals surface area contributed by atoms with Gasteiger partial charge in [0, 0.05) is 33.5 Å². The molecule has 0 atom stereocenters. The Morgan fingerprint density at radius 2 is 0.619 bits per heavy atom. The summed E-state index contributed by atoms with van der Waals surface area (Å²) in [6.07, 6.45) is 8.95. The van der Waals surface area contributed by atoms with Crippen LogP contribution in [0.15, 0.2) is 182 Å². The maximum absolute atomic E-state index is 5.80. The number of hydrogen-bond donors (Lipinski definition) is 0. The van der Waals surface area contributed by atoms with Gasteiger partial charge in [-0.15, -0.1) is 0 Å². The molecule has 0 aliphatic carbocycles. The van der Waals surface area contributed by atoms with Gasteiger partial charge in [0.1, 0.15) is 0 Å². The van der Waals surface area contributed by atoms with Crippen LogP contribution >= 0.6 is 0 Å². The summed E-state index contributed by atoms with van der Waals surface area (Å²) in [5.74, 6) is 0. The maximum Gasteiger partial charge on any atom is 0.0737 e. The summed E-state index contributed by atoms with van der Waals surface area (Å²) >= 11 is 0. The van der Waals surface area contributed by atoms with Crippen molar-refractivity contribution in [1.82, 2.24) is 19.1 Å². The Labute approximate surface area is 492 Å². The van der Waals surface area contributed by atoms with Gasteiger partial charge < -0.3 is 9.13 Å². The van der Waals surface area contributed by atoms with Crippen LogP contribution in [0, 0.1) is 0 Å². The topological polar surface area (TPSA) is 35.6 Å². The zero-order valence-corrected chi connectivity index (χ0v) is 50.4. The first-order chi connectivity index (χ1) is 40.1. The first-order valence-electron chi connectivity index (χ1n) is 29.9. The zero-order chi connectivity index (χ0) is 57.9. The van der Waals surface area contributed by atoms with Crippen LogP contribution in [0.1, 0.15) is 128 Å². The summed E-state index contributed by atoms with van der Waals surface area (Å²) < 4.78 is 4.99. The number of hydrogen-bond acceptors (Lipinski definition) is 2. The van der Waals surface area contributed by atoms with E-state index in [0.29, 0.717) is 0 Å². The summed E-state index contributed by atoms with van der Waals surface area (Å²) in [6, 6.07) is 69.4. The molecular formula is C80H70N4. The molecule has 5 heterocycles. The lowest BCUT2D eigenvalue weighted by atomic mass is 9.80. The van der Waals surface area contributed by atoms with Gasteiger partial charge in [-0.2, -0.15) is 0 Å². The van der Waals surface area contributed by atoms with Crippen LogP contribution in [0.3, 0.4) is 0 Å². The smallest absolute Gasteiger partial charge is 0.0737 e. The van der Waals surface area contributed by atoms with Crippen molar-refractivity contribution in [1.29, 1.82) is 0 Å². The SMILES string of the molecule is CC(C)(C)c1cc(-n2c3ccc2c(-c2ccc4ccc5cccc6ccc2c4c56)c2nc(cc4ccc(c(-c5ccc6ccc7cccc8ccc5c6c78)c5nc(c3)C=C5)n4-c3cc(C(C)(C)C)cc(C(C)(C)C)c3)C=C2)cc(C(C)(C)C)c1. The van der Waals surface area contributed by atoms with Crippen molar-refractivity contribution in [2.75, 3.05) is 0 Å². The third-order valence-corrected chi connectivity index (χ3v) is 18.2. The minimum atomic E-state index is -0.115. The lowest BCUT2D eigenvalue weighted by Gasteiger charge is -2.27. The standard InChI is InChI=1S/C80H70N4/c1-77(2,3)53-39-54(78(4,5)6)42-61(41-53)83-59-29-37-69(83)75(65-33-25-51-21-19-47-15-13-17-49-23-31-63(65)73(51)71(47)49)67-35-28-58(82-67)46-60-30-38-70(84(60)62-43-55(79(7,8)9)40-56(44-62)80(10,11)12)76(68-36-27-57(45-59)81-68)66-34-26-52-22-20-48-16-14-18-50-24-32-64(66)74(52)72(48)50/h13-46H,1-12H3. The van der Waals surface area contributed by atoms with Crippen LogP contribution in [-0.2, 0) is 21.7 Å². The molecule has 0 N–H and O–H groups in total. The van der Waals surface area contributed by atoms with Gasteiger partial charge in [-0.25, -0.2) is 9.97 Å². The summed E-state index contributed by atoms with van der Waals surface area (Å²) in [4.78, 5) is 11.6. The van der Waals surface area contributed by atoms with E-state index < -0.39 is 0 Å². The number of aromatic nitrogens is 4. The molecule has 10 aromatic carbocycles. The van der Waals surface area contributed by atoms with Gasteiger partial charge in [0.25, 0.3) is 0 Å². The van der Waals surface area contributed by atoms with Crippen molar-refractivity contribution < 1.29 is 0 Å². The molecule has 4 nitrogen and oxygen atoms in total. The molecule has 2 aliphatic rings. The minimum absolute atomic E-state index is 0.115. The fourth-order valence-electron chi connectivity index (χ4n) is 13.5. The van der Waals surface area contributed by atoms with E-state index in [1.807, 2.05) is 0 Å².